The van der Waals surface area contributed by atoms with Gasteiger partial charge in [0.05, 0.1) is 19.1 Å². The van der Waals surface area contributed by atoms with Gasteiger partial charge in [-0.25, -0.2) is 0 Å². The molecule has 1 aliphatic heterocycles. The van der Waals surface area contributed by atoms with E-state index in [-0.39, 0.29) is 24.3 Å². The molecule has 1 atom stereocenters. The number of nitrogens with one attached hydrogen (secondary N) is 2. The summed E-state index contributed by atoms with van der Waals surface area (Å²) >= 11 is 0. The molecule has 1 heterocycles. The first-order valence-corrected chi connectivity index (χ1v) is 9.46. The Kier molecular flexibility index (Phi) is 7.91. The zero-order chi connectivity index (χ0) is 18.9. The van der Waals surface area contributed by atoms with Crippen LogP contribution in [-0.4, -0.2) is 50.0 Å². The smallest absolute Gasteiger partial charge is 0.224 e. The van der Waals surface area contributed by atoms with Crippen molar-refractivity contribution in [3.63, 3.8) is 0 Å². The van der Waals surface area contributed by atoms with Crippen molar-refractivity contribution in [2.45, 2.75) is 39.2 Å². The third-order valence-electron chi connectivity index (χ3n) is 4.81. The lowest BCUT2D eigenvalue weighted by Gasteiger charge is -2.33. The molecule has 1 fully saturated rings. The Morgan fingerprint density at radius 3 is 2.58 bits per heavy atom. The second-order valence-corrected chi connectivity index (χ2v) is 6.81. The molecule has 0 spiro atoms. The maximum absolute atomic E-state index is 12.8. The second-order valence-electron chi connectivity index (χ2n) is 6.81. The molecule has 2 N–H and O–H groups in total. The van der Waals surface area contributed by atoms with Gasteiger partial charge in [0.1, 0.15) is 5.75 Å². The molecule has 0 aliphatic carbocycles. The predicted octanol–water partition coefficient (Wildman–Crippen LogP) is 2.11. The van der Waals surface area contributed by atoms with Crippen LogP contribution in [-0.2, 0) is 9.59 Å². The highest BCUT2D eigenvalue weighted by Gasteiger charge is 2.26. The summed E-state index contributed by atoms with van der Waals surface area (Å²) in [7, 11) is 1.96. The van der Waals surface area contributed by atoms with E-state index >= 15 is 0 Å². The summed E-state index contributed by atoms with van der Waals surface area (Å²) in [5.74, 6) is 1.28. The van der Waals surface area contributed by atoms with E-state index in [1.54, 1.807) is 0 Å². The number of hydrogen-bond acceptors (Lipinski definition) is 4. The lowest BCUT2D eigenvalue weighted by molar-refractivity contribution is -0.133. The van der Waals surface area contributed by atoms with Gasteiger partial charge in [-0.1, -0.05) is 18.2 Å². The monoisotopic (exact) mass is 361 g/mol. The molecule has 1 saturated heterocycles. The van der Waals surface area contributed by atoms with Gasteiger partial charge in [-0.05, 0) is 45.3 Å². The van der Waals surface area contributed by atoms with Gasteiger partial charge in [0.15, 0.2) is 0 Å². The standard InChI is InChI=1S/C20H31N3O3/c1-4-26-19-8-6-5-7-17(19)18(22-15(2)24)13-20(25)23-11-9-16(10-12-23)14-21-3/h5-8,16,18,21H,4,9-14H2,1-3H3,(H,22,24). The van der Waals surface area contributed by atoms with Gasteiger partial charge in [0.2, 0.25) is 11.8 Å². The Morgan fingerprint density at radius 2 is 1.96 bits per heavy atom. The molecule has 0 aromatic heterocycles. The number of piperidine rings is 1. The van der Waals surface area contributed by atoms with Crippen LogP contribution >= 0.6 is 0 Å². The normalized spacial score (nSPS) is 16.2. The maximum atomic E-state index is 12.8. The van der Waals surface area contributed by atoms with Crippen LogP contribution in [0.5, 0.6) is 5.75 Å². The van der Waals surface area contributed by atoms with Gasteiger partial charge in [0, 0.05) is 25.6 Å². The quantitative estimate of drug-likeness (QED) is 0.744. The summed E-state index contributed by atoms with van der Waals surface area (Å²) in [4.78, 5) is 26.4. The summed E-state index contributed by atoms with van der Waals surface area (Å²) in [5.41, 5.74) is 0.850. The first kappa shape index (κ1) is 20.2. The number of hydrogen-bond donors (Lipinski definition) is 2. The van der Waals surface area contributed by atoms with Crippen LogP contribution in [0.15, 0.2) is 24.3 Å². The van der Waals surface area contributed by atoms with Crippen LogP contribution in [0.25, 0.3) is 0 Å². The molecule has 6 nitrogen and oxygen atoms in total. The van der Waals surface area contributed by atoms with Crippen molar-refractivity contribution >= 4 is 11.8 Å². The van der Waals surface area contributed by atoms with Crippen molar-refractivity contribution in [1.29, 1.82) is 0 Å². The molecule has 6 heteroatoms. The third-order valence-corrected chi connectivity index (χ3v) is 4.81. The molecule has 1 aromatic rings. The topological polar surface area (TPSA) is 70.7 Å². The molecule has 0 saturated carbocycles. The number of carbonyl (C=O) groups is 2. The summed E-state index contributed by atoms with van der Waals surface area (Å²) in [6.07, 6.45) is 2.29. The van der Waals surface area contributed by atoms with Crippen LogP contribution in [0.3, 0.4) is 0 Å². The number of nitrogens with zero attached hydrogens (tertiary/aromatic N) is 1. The predicted molar refractivity (Wildman–Crippen MR) is 102 cm³/mol. The van der Waals surface area contributed by atoms with Gasteiger partial charge in [-0.15, -0.1) is 0 Å². The average Bonchev–Trinajstić information content (AvgIpc) is 2.62. The molecular formula is C20H31N3O3. The van der Waals surface area contributed by atoms with Crippen molar-refractivity contribution in [2.75, 3.05) is 33.3 Å². The van der Waals surface area contributed by atoms with Gasteiger partial charge in [-0.3, -0.25) is 9.59 Å². The number of likely N-dealkylation sites (tertiary alicyclic amines) is 1. The number of carbonyl (C=O) groups excluding carboxylic acids is 2. The fraction of sp³-hybridized carbons (Fsp3) is 0.600. The van der Waals surface area contributed by atoms with Crippen molar-refractivity contribution in [3.05, 3.63) is 29.8 Å². The van der Waals surface area contributed by atoms with E-state index in [0.29, 0.717) is 18.3 Å². The highest BCUT2D eigenvalue weighted by molar-refractivity contribution is 5.79. The maximum Gasteiger partial charge on any atom is 0.224 e. The second kappa shape index (κ2) is 10.2. The summed E-state index contributed by atoms with van der Waals surface area (Å²) in [6.45, 7) is 6.50. The molecule has 1 aliphatic rings. The summed E-state index contributed by atoms with van der Waals surface area (Å²) in [5, 5.41) is 6.13. The number of amides is 2. The fourth-order valence-corrected chi connectivity index (χ4v) is 3.52. The number of rotatable bonds is 8. The molecular weight excluding hydrogens is 330 g/mol. The van der Waals surface area contributed by atoms with Crippen LogP contribution in [0, 0.1) is 5.92 Å². The van der Waals surface area contributed by atoms with E-state index in [1.165, 1.54) is 6.92 Å². The van der Waals surface area contributed by atoms with Crippen LogP contribution in [0.4, 0.5) is 0 Å². The number of para-hydroxylation sites is 1. The van der Waals surface area contributed by atoms with Crippen LogP contribution in [0.2, 0.25) is 0 Å². The lowest BCUT2D eigenvalue weighted by Crippen LogP contribution is -2.42. The van der Waals surface area contributed by atoms with Crippen LogP contribution < -0.4 is 15.4 Å². The van der Waals surface area contributed by atoms with Crippen molar-refractivity contribution in [1.82, 2.24) is 15.5 Å². The molecule has 0 radical (unpaired) electrons. The Balaban J connectivity index is 2.06. The van der Waals surface area contributed by atoms with E-state index < -0.39 is 0 Å². The zero-order valence-corrected chi connectivity index (χ0v) is 16.1. The van der Waals surface area contributed by atoms with Crippen LogP contribution in [0.1, 0.15) is 44.7 Å². The minimum Gasteiger partial charge on any atom is -0.494 e. The highest BCUT2D eigenvalue weighted by atomic mass is 16.5. The van der Waals surface area contributed by atoms with Gasteiger partial charge in [0.25, 0.3) is 0 Å². The fourth-order valence-electron chi connectivity index (χ4n) is 3.52. The van der Waals surface area contributed by atoms with E-state index in [1.807, 2.05) is 43.1 Å². The first-order chi connectivity index (χ1) is 12.5. The average molecular weight is 361 g/mol. The Labute approximate surface area is 156 Å². The Morgan fingerprint density at radius 1 is 1.27 bits per heavy atom. The first-order valence-electron chi connectivity index (χ1n) is 9.46. The largest absolute Gasteiger partial charge is 0.494 e. The minimum atomic E-state index is -0.377. The number of benzene rings is 1. The molecule has 0 bridgehead atoms. The van der Waals surface area contributed by atoms with Gasteiger partial charge >= 0.3 is 0 Å². The van der Waals surface area contributed by atoms with Crippen molar-refractivity contribution in [3.8, 4) is 5.75 Å². The lowest BCUT2D eigenvalue weighted by atomic mass is 9.95. The molecule has 1 aromatic carbocycles. The molecule has 144 valence electrons. The zero-order valence-electron chi connectivity index (χ0n) is 16.1. The molecule has 2 amide bonds. The highest BCUT2D eigenvalue weighted by Crippen LogP contribution is 2.28. The minimum absolute atomic E-state index is 0.0814. The summed E-state index contributed by atoms with van der Waals surface area (Å²) in [6, 6.07) is 7.21. The van der Waals surface area contributed by atoms with Crippen molar-refractivity contribution in [2.24, 2.45) is 5.92 Å². The molecule has 26 heavy (non-hydrogen) atoms. The van der Waals surface area contributed by atoms with Crippen molar-refractivity contribution < 1.29 is 14.3 Å². The third kappa shape index (κ3) is 5.73. The molecule has 1 unspecified atom stereocenters. The Hall–Kier alpha value is -2.08. The Bertz CT molecular complexity index is 598. The summed E-state index contributed by atoms with van der Waals surface area (Å²) < 4.78 is 5.68. The van der Waals surface area contributed by atoms with Gasteiger partial charge < -0.3 is 20.3 Å². The molecule has 2 rings (SSSR count). The van der Waals surface area contributed by atoms with Gasteiger partial charge in [-0.2, -0.15) is 0 Å². The van der Waals surface area contributed by atoms with E-state index in [0.717, 1.165) is 38.0 Å². The van der Waals surface area contributed by atoms with E-state index in [4.69, 9.17) is 4.74 Å². The van der Waals surface area contributed by atoms with E-state index in [9.17, 15) is 9.59 Å². The van der Waals surface area contributed by atoms with E-state index in [2.05, 4.69) is 10.6 Å². The SMILES string of the molecule is CCOc1ccccc1C(CC(=O)N1CCC(CNC)CC1)NC(C)=O. The number of ether oxygens (including phenoxy) is 1.